The molecule has 6 aliphatic rings. The van der Waals surface area contributed by atoms with Crippen molar-refractivity contribution in [1.82, 2.24) is 10.2 Å². The summed E-state index contributed by atoms with van der Waals surface area (Å²) in [5, 5.41) is 15.5. The molecular weight excluding hydrogens is 571 g/mol. The van der Waals surface area contributed by atoms with Gasteiger partial charge in [0.05, 0.1) is 5.60 Å². The van der Waals surface area contributed by atoms with Crippen LogP contribution in [-0.2, 0) is 0 Å². The zero-order valence-electron chi connectivity index (χ0n) is 24.7. The van der Waals surface area contributed by atoms with Gasteiger partial charge in [0.15, 0.2) is 0 Å². The van der Waals surface area contributed by atoms with Crippen LogP contribution in [0, 0.1) is 40.4 Å². The summed E-state index contributed by atoms with van der Waals surface area (Å²) in [6.07, 6.45) is 12.4. The molecule has 5 saturated carbocycles. The molecule has 6 rings (SSSR count). The summed E-state index contributed by atoms with van der Waals surface area (Å²) in [6.45, 7) is 13.6. The van der Waals surface area contributed by atoms with Gasteiger partial charge < -0.3 is 31.8 Å². The molecular formula is C31H61Cl3N2O4. The van der Waals surface area contributed by atoms with Gasteiger partial charge in [0.25, 0.3) is 0 Å². The summed E-state index contributed by atoms with van der Waals surface area (Å²) in [5.74, 6) is 3.35. The van der Waals surface area contributed by atoms with E-state index in [0.717, 1.165) is 57.0 Å². The molecule has 0 aromatic rings. The molecule has 0 aromatic heterocycles. The van der Waals surface area contributed by atoms with Crippen LogP contribution in [0.5, 0.6) is 0 Å². The molecule has 0 aromatic carbocycles. The topological polar surface area (TPSA) is 130 Å². The summed E-state index contributed by atoms with van der Waals surface area (Å²) in [5.41, 5.74) is -0.345. The number of likely N-dealkylation sites (tertiary alicyclic amines) is 1. The van der Waals surface area contributed by atoms with Crippen LogP contribution in [-0.4, -0.2) is 74.0 Å². The van der Waals surface area contributed by atoms with Gasteiger partial charge in [-0.15, -0.1) is 11.6 Å². The molecule has 5 aliphatic carbocycles. The second-order valence-corrected chi connectivity index (χ2v) is 17.1. The average Bonchev–Trinajstić information content (AvgIpc) is 2.75. The molecule has 1 heterocycles. The smallest absolute Gasteiger partial charge is 0.136 e. The van der Waals surface area contributed by atoms with Crippen LogP contribution in [0.4, 0.5) is 0 Å². The summed E-state index contributed by atoms with van der Waals surface area (Å²) in [7, 11) is 0. The van der Waals surface area contributed by atoms with E-state index in [1.807, 2.05) is 0 Å². The predicted octanol–water partition coefficient (Wildman–Crippen LogP) is 5.41. The van der Waals surface area contributed by atoms with Crippen molar-refractivity contribution in [3.8, 4) is 0 Å². The van der Waals surface area contributed by atoms with E-state index in [1.54, 1.807) is 0 Å². The van der Waals surface area contributed by atoms with Crippen molar-refractivity contribution in [1.29, 1.82) is 0 Å². The van der Waals surface area contributed by atoms with Crippen molar-refractivity contribution >= 4 is 34.8 Å². The Hall–Kier alpha value is 0.630. The molecule has 4 bridgehead atoms. The maximum Gasteiger partial charge on any atom is 0.136 e. The first-order chi connectivity index (χ1) is 16.8. The fraction of sp³-hybridized carbons (Fsp3) is 1.00. The number of hydrogen-bond donors (Lipinski definition) is 2. The number of alkyl halides is 3. The standard InChI is InChI=1S/C30H51Cl3N2O.CH4.3H2O/c1-20(2)26(16-35-10-9-25(27(3,4)19-35)23-5-7-24(31)8-6-23)34-18-30(32,33)28-12-21-11-22(13-28)15-29(36,14-21)17-28;;;;/h20-26,34,36H,5-19H2,1-4H3;1H4;3*1H2/t21?,22?,23?,24?,25?,26-,28?,29?;;;;/m0..../s1. The van der Waals surface area contributed by atoms with Gasteiger partial charge in [-0.25, -0.2) is 0 Å². The SMILES string of the molecule is C.CC(C)[C@H](CN1CCC(C2CCC(Cl)CC2)C(C)(C)C1)NCC(Cl)(Cl)C12CC3CC(CC(O)(C3)C1)C2.O.O.O. The van der Waals surface area contributed by atoms with Gasteiger partial charge in [-0.3, -0.25) is 0 Å². The Labute approximate surface area is 259 Å². The second-order valence-electron chi connectivity index (χ2n) is 15.0. The molecule has 0 spiro atoms. The number of hydrogen-bond acceptors (Lipinski definition) is 3. The first kappa shape index (κ1) is 38.7. The minimum atomic E-state index is -0.834. The highest BCUT2D eigenvalue weighted by Crippen LogP contribution is 2.67. The molecule has 4 atom stereocenters. The predicted molar refractivity (Wildman–Crippen MR) is 171 cm³/mol. The summed E-state index contributed by atoms with van der Waals surface area (Å²) in [6, 6.07) is 0.359. The Morgan fingerprint density at radius 1 is 0.950 bits per heavy atom. The van der Waals surface area contributed by atoms with E-state index in [9.17, 15) is 5.11 Å². The number of halogens is 3. The Kier molecular flexibility index (Phi) is 13.7. The molecule has 1 aliphatic heterocycles. The van der Waals surface area contributed by atoms with Gasteiger partial charge in [-0.2, -0.15) is 0 Å². The highest BCUT2D eigenvalue weighted by atomic mass is 35.5. The Bertz CT molecular complexity index is 777. The number of nitrogens with one attached hydrogen (secondary N) is 1. The van der Waals surface area contributed by atoms with Gasteiger partial charge >= 0.3 is 0 Å². The number of piperidine rings is 1. The highest BCUT2D eigenvalue weighted by molar-refractivity contribution is 6.49. The van der Waals surface area contributed by atoms with Crippen LogP contribution in [0.1, 0.15) is 106 Å². The van der Waals surface area contributed by atoms with E-state index in [4.69, 9.17) is 34.8 Å². The van der Waals surface area contributed by atoms with Crippen molar-refractivity contribution in [2.75, 3.05) is 26.2 Å². The van der Waals surface area contributed by atoms with Crippen molar-refractivity contribution in [2.24, 2.45) is 40.4 Å². The normalized spacial score (nSPS) is 39.4. The van der Waals surface area contributed by atoms with E-state index in [0.29, 0.717) is 41.1 Å². The maximum absolute atomic E-state index is 11.2. The lowest BCUT2D eigenvalue weighted by molar-refractivity contribution is -0.168. The summed E-state index contributed by atoms with van der Waals surface area (Å²) < 4.78 is -0.834. The van der Waals surface area contributed by atoms with Gasteiger partial charge in [-0.1, -0.05) is 58.3 Å². The summed E-state index contributed by atoms with van der Waals surface area (Å²) >= 11 is 20.9. The third-order valence-corrected chi connectivity index (χ3v) is 12.8. The lowest BCUT2D eigenvalue weighted by atomic mass is 9.47. The number of aliphatic hydroxyl groups is 1. The van der Waals surface area contributed by atoms with Gasteiger partial charge in [0, 0.05) is 36.5 Å². The van der Waals surface area contributed by atoms with Crippen LogP contribution in [0.2, 0.25) is 0 Å². The molecule has 3 unspecified atom stereocenters. The number of rotatable bonds is 8. The van der Waals surface area contributed by atoms with Crippen molar-refractivity contribution in [3.05, 3.63) is 0 Å². The lowest BCUT2D eigenvalue weighted by Gasteiger charge is -2.63. The van der Waals surface area contributed by atoms with E-state index in [-0.39, 0.29) is 29.3 Å². The van der Waals surface area contributed by atoms with Crippen molar-refractivity contribution < 1.29 is 21.5 Å². The van der Waals surface area contributed by atoms with Crippen LogP contribution in [0.15, 0.2) is 0 Å². The molecule has 6 fully saturated rings. The molecule has 8 N–H and O–H groups in total. The Morgan fingerprint density at radius 2 is 1.52 bits per heavy atom. The zero-order chi connectivity index (χ0) is 25.9. The molecule has 0 radical (unpaired) electrons. The number of nitrogens with zero attached hydrogens (tertiary/aromatic N) is 1. The van der Waals surface area contributed by atoms with E-state index >= 15 is 0 Å². The zero-order valence-corrected chi connectivity index (χ0v) is 26.9. The quantitative estimate of drug-likeness (QED) is 0.347. The Morgan fingerprint density at radius 3 is 2.02 bits per heavy atom. The molecule has 9 heteroatoms. The van der Waals surface area contributed by atoms with Gasteiger partial charge in [0.2, 0.25) is 0 Å². The highest BCUT2D eigenvalue weighted by Gasteiger charge is 2.63. The third-order valence-electron chi connectivity index (χ3n) is 11.3. The lowest BCUT2D eigenvalue weighted by Crippen LogP contribution is -2.63. The molecule has 1 saturated heterocycles. The van der Waals surface area contributed by atoms with Crippen LogP contribution in [0.3, 0.4) is 0 Å². The van der Waals surface area contributed by atoms with Crippen molar-refractivity contribution in [2.45, 2.75) is 127 Å². The third kappa shape index (κ3) is 7.82. The molecule has 6 nitrogen and oxygen atoms in total. The average molecular weight is 632 g/mol. The van der Waals surface area contributed by atoms with Gasteiger partial charge in [0.1, 0.15) is 4.33 Å². The fourth-order valence-electron chi connectivity index (χ4n) is 9.87. The van der Waals surface area contributed by atoms with Crippen LogP contribution in [0.25, 0.3) is 0 Å². The largest absolute Gasteiger partial charge is 0.412 e. The fourth-order valence-corrected chi connectivity index (χ4v) is 10.7. The van der Waals surface area contributed by atoms with E-state index in [1.165, 1.54) is 45.1 Å². The Balaban J connectivity index is 0.00000200. The van der Waals surface area contributed by atoms with Crippen molar-refractivity contribution in [3.63, 3.8) is 0 Å². The van der Waals surface area contributed by atoms with E-state index in [2.05, 4.69) is 37.9 Å². The molecule has 40 heavy (non-hydrogen) atoms. The monoisotopic (exact) mass is 630 g/mol. The first-order valence-electron chi connectivity index (χ1n) is 15.0. The minimum absolute atomic E-state index is 0. The van der Waals surface area contributed by atoms with Crippen LogP contribution < -0.4 is 5.32 Å². The first-order valence-corrected chi connectivity index (χ1v) is 16.2. The van der Waals surface area contributed by atoms with E-state index < -0.39 is 9.93 Å². The second kappa shape index (κ2) is 14.2. The van der Waals surface area contributed by atoms with Crippen LogP contribution >= 0.6 is 34.8 Å². The van der Waals surface area contributed by atoms with Gasteiger partial charge in [-0.05, 0) is 112 Å². The molecule has 240 valence electrons. The maximum atomic E-state index is 11.2. The summed E-state index contributed by atoms with van der Waals surface area (Å²) in [4.78, 5) is 2.69. The molecule has 0 amide bonds. The minimum Gasteiger partial charge on any atom is -0.412 e.